The zero-order valence-corrected chi connectivity index (χ0v) is 11.7. The first kappa shape index (κ1) is 12.3. The number of anilines is 1. The zero-order chi connectivity index (χ0) is 13.4. The number of rotatable bonds is 2. The molecule has 0 radical (unpaired) electrons. The van der Waals surface area contributed by atoms with Gasteiger partial charge in [-0.15, -0.1) is 0 Å². The monoisotopic (exact) mass is 275 g/mol. The number of halogens is 1. The maximum Gasteiger partial charge on any atom is 0.148 e. The van der Waals surface area contributed by atoms with E-state index >= 15 is 0 Å². The normalized spacial score (nSPS) is 17.9. The highest BCUT2D eigenvalue weighted by atomic mass is 35.5. The molecular weight excluding hydrogens is 258 g/mol. The van der Waals surface area contributed by atoms with Gasteiger partial charge in [-0.1, -0.05) is 55.8 Å². The molecule has 0 fully saturated rings. The van der Waals surface area contributed by atoms with Gasteiger partial charge in [-0.05, 0) is 17.6 Å². The zero-order valence-electron chi connectivity index (χ0n) is 11.0. The van der Waals surface area contributed by atoms with E-state index in [9.17, 15) is 0 Å². The lowest BCUT2D eigenvalue weighted by Gasteiger charge is -2.23. The van der Waals surface area contributed by atoms with Crippen molar-refractivity contribution in [2.45, 2.75) is 25.3 Å². The maximum atomic E-state index is 6.39. The van der Waals surface area contributed by atoms with Crippen LogP contribution in [-0.2, 0) is 0 Å². The molecule has 0 spiro atoms. The highest BCUT2D eigenvalue weighted by molar-refractivity contribution is 6.21. The second-order valence-electron chi connectivity index (χ2n) is 4.99. The summed E-state index contributed by atoms with van der Waals surface area (Å²) in [5, 5.41) is 7.82. The standard InChI is InChI=1S/C15H16ClN3.H2/c1-10(2)12-9-17-19-14(16)8-13(18-15(12)19)11-6-4-3-5-7-11;/h3-10,14,18H,1-2H3;1H. The van der Waals surface area contributed by atoms with Crippen molar-refractivity contribution in [2.24, 2.45) is 0 Å². The Balaban J connectivity index is 0.00000147. The number of fused-ring (bicyclic) bond motifs is 1. The Kier molecular flexibility index (Phi) is 3.07. The van der Waals surface area contributed by atoms with Crippen LogP contribution in [0.5, 0.6) is 0 Å². The molecule has 0 bridgehead atoms. The van der Waals surface area contributed by atoms with Crippen molar-refractivity contribution in [3.8, 4) is 0 Å². The van der Waals surface area contributed by atoms with E-state index in [0.29, 0.717) is 5.92 Å². The van der Waals surface area contributed by atoms with Crippen LogP contribution in [0.15, 0.2) is 42.6 Å². The van der Waals surface area contributed by atoms with Gasteiger partial charge in [-0.2, -0.15) is 5.10 Å². The summed E-state index contributed by atoms with van der Waals surface area (Å²) in [5.74, 6) is 1.41. The minimum absolute atomic E-state index is 0. The molecule has 100 valence electrons. The number of aromatic nitrogens is 2. The van der Waals surface area contributed by atoms with Crippen LogP contribution in [0.4, 0.5) is 5.82 Å². The van der Waals surface area contributed by atoms with Crippen molar-refractivity contribution in [1.82, 2.24) is 9.78 Å². The lowest BCUT2D eigenvalue weighted by Crippen LogP contribution is -2.16. The Hall–Kier alpha value is -1.74. The van der Waals surface area contributed by atoms with Crippen LogP contribution in [0, 0.1) is 0 Å². The molecule has 1 aromatic carbocycles. The second-order valence-corrected chi connectivity index (χ2v) is 5.44. The van der Waals surface area contributed by atoms with E-state index in [4.69, 9.17) is 11.6 Å². The first-order valence-electron chi connectivity index (χ1n) is 6.42. The summed E-state index contributed by atoms with van der Waals surface area (Å²) in [4.78, 5) is 0. The maximum absolute atomic E-state index is 6.39. The molecule has 4 heteroatoms. The number of nitrogens with zero attached hydrogens (tertiary/aromatic N) is 2. The highest BCUT2D eigenvalue weighted by Gasteiger charge is 2.23. The Labute approximate surface area is 119 Å². The average Bonchev–Trinajstić information content (AvgIpc) is 2.84. The number of alkyl halides is 1. The summed E-state index contributed by atoms with van der Waals surface area (Å²) in [6, 6.07) is 10.2. The molecule has 0 amide bonds. The van der Waals surface area contributed by atoms with E-state index in [0.717, 1.165) is 17.1 Å². The van der Waals surface area contributed by atoms with Gasteiger partial charge in [0.15, 0.2) is 0 Å². The molecule has 0 aliphatic carbocycles. The third kappa shape index (κ3) is 2.15. The molecule has 0 saturated heterocycles. The van der Waals surface area contributed by atoms with Crippen LogP contribution in [-0.4, -0.2) is 9.78 Å². The Morgan fingerprint density at radius 1 is 1.32 bits per heavy atom. The van der Waals surface area contributed by atoms with Gasteiger partial charge in [0.25, 0.3) is 0 Å². The number of allylic oxidation sites excluding steroid dienone is 1. The fraction of sp³-hybridized carbons (Fsp3) is 0.267. The van der Waals surface area contributed by atoms with Crippen LogP contribution in [0.1, 0.15) is 37.8 Å². The molecule has 1 atom stereocenters. The van der Waals surface area contributed by atoms with Gasteiger partial charge in [0.05, 0.1) is 6.20 Å². The summed E-state index contributed by atoms with van der Waals surface area (Å²) >= 11 is 6.39. The van der Waals surface area contributed by atoms with E-state index in [1.165, 1.54) is 5.56 Å². The number of benzene rings is 1. The third-order valence-corrected chi connectivity index (χ3v) is 3.63. The Morgan fingerprint density at radius 3 is 2.74 bits per heavy atom. The Morgan fingerprint density at radius 2 is 2.05 bits per heavy atom. The molecule has 19 heavy (non-hydrogen) atoms. The first-order valence-corrected chi connectivity index (χ1v) is 6.86. The van der Waals surface area contributed by atoms with Crippen LogP contribution < -0.4 is 5.32 Å². The first-order chi connectivity index (χ1) is 9.16. The van der Waals surface area contributed by atoms with Crippen molar-refractivity contribution in [3.63, 3.8) is 0 Å². The van der Waals surface area contributed by atoms with Gasteiger partial charge in [0.2, 0.25) is 0 Å². The fourth-order valence-electron chi connectivity index (χ4n) is 2.28. The van der Waals surface area contributed by atoms with Gasteiger partial charge in [-0.3, -0.25) is 0 Å². The molecule has 1 aliphatic rings. The molecule has 2 aromatic rings. The van der Waals surface area contributed by atoms with Gasteiger partial charge in [-0.25, -0.2) is 4.68 Å². The van der Waals surface area contributed by atoms with Crippen molar-refractivity contribution >= 4 is 23.1 Å². The van der Waals surface area contributed by atoms with Crippen LogP contribution in [0.25, 0.3) is 5.70 Å². The Bertz CT molecular complexity index is 619. The largest absolute Gasteiger partial charge is 0.340 e. The van der Waals surface area contributed by atoms with Crippen molar-refractivity contribution in [1.29, 1.82) is 0 Å². The number of nitrogens with one attached hydrogen (secondary N) is 1. The van der Waals surface area contributed by atoms with Gasteiger partial charge >= 0.3 is 0 Å². The minimum Gasteiger partial charge on any atom is -0.340 e. The van der Waals surface area contributed by atoms with E-state index in [-0.39, 0.29) is 6.93 Å². The summed E-state index contributed by atoms with van der Waals surface area (Å²) in [6.07, 6.45) is 3.88. The topological polar surface area (TPSA) is 29.9 Å². The SMILES string of the molecule is CC(C)c1cnn2c1NC(c1ccccc1)=CC2Cl.[HH]. The average molecular weight is 276 g/mol. The molecule has 1 N–H and O–H groups in total. The van der Waals surface area contributed by atoms with Crippen molar-refractivity contribution < 1.29 is 1.43 Å². The van der Waals surface area contributed by atoms with E-state index < -0.39 is 0 Å². The molecule has 1 unspecified atom stereocenters. The quantitative estimate of drug-likeness (QED) is 0.820. The van der Waals surface area contributed by atoms with Crippen LogP contribution >= 0.6 is 11.6 Å². The van der Waals surface area contributed by atoms with E-state index in [1.54, 1.807) is 0 Å². The minimum atomic E-state index is -0.251. The van der Waals surface area contributed by atoms with Crippen LogP contribution in [0.3, 0.4) is 0 Å². The summed E-state index contributed by atoms with van der Waals surface area (Å²) in [6.45, 7) is 4.31. The van der Waals surface area contributed by atoms with Crippen molar-refractivity contribution in [2.75, 3.05) is 5.32 Å². The number of hydrogen-bond donors (Lipinski definition) is 1. The fourth-order valence-corrected chi connectivity index (χ4v) is 2.55. The predicted octanol–water partition coefficient (Wildman–Crippen LogP) is 4.46. The molecule has 1 aliphatic heterocycles. The van der Waals surface area contributed by atoms with E-state index in [1.807, 2.05) is 35.2 Å². The lowest BCUT2D eigenvalue weighted by molar-refractivity contribution is 0.677. The highest BCUT2D eigenvalue weighted by Crippen LogP contribution is 2.35. The number of hydrogen-bond acceptors (Lipinski definition) is 2. The smallest absolute Gasteiger partial charge is 0.148 e. The molecule has 3 rings (SSSR count). The molecule has 3 nitrogen and oxygen atoms in total. The van der Waals surface area contributed by atoms with Gasteiger partial charge < -0.3 is 5.32 Å². The molecule has 0 saturated carbocycles. The summed E-state index contributed by atoms with van der Waals surface area (Å²) in [5.41, 5.74) is 3.11. The lowest BCUT2D eigenvalue weighted by atomic mass is 10.1. The predicted molar refractivity (Wildman–Crippen MR) is 81.4 cm³/mol. The van der Waals surface area contributed by atoms with Crippen molar-refractivity contribution in [3.05, 3.63) is 53.7 Å². The molecule has 1 aromatic heterocycles. The third-order valence-electron chi connectivity index (χ3n) is 3.32. The summed E-state index contributed by atoms with van der Waals surface area (Å²) in [7, 11) is 0. The van der Waals surface area contributed by atoms with E-state index in [2.05, 4.69) is 36.4 Å². The molecular formula is C15H18ClN3. The second kappa shape index (κ2) is 4.74. The van der Waals surface area contributed by atoms with Gasteiger partial charge in [0.1, 0.15) is 11.3 Å². The summed E-state index contributed by atoms with van der Waals surface area (Å²) < 4.78 is 1.82. The van der Waals surface area contributed by atoms with Crippen LogP contribution in [0.2, 0.25) is 0 Å². The molecule has 2 heterocycles. The van der Waals surface area contributed by atoms with Gasteiger partial charge in [0, 0.05) is 12.7 Å².